The molecule has 0 bridgehead atoms. The van der Waals surface area contributed by atoms with Gasteiger partial charge >= 0.3 is 0 Å². The van der Waals surface area contributed by atoms with Crippen molar-refractivity contribution in [3.63, 3.8) is 0 Å². The van der Waals surface area contributed by atoms with E-state index in [-0.39, 0.29) is 0 Å². The van der Waals surface area contributed by atoms with E-state index in [9.17, 15) is 0 Å². The van der Waals surface area contributed by atoms with E-state index in [4.69, 9.17) is 5.26 Å². The normalized spacial score (nSPS) is 17.1. The summed E-state index contributed by atoms with van der Waals surface area (Å²) in [6.45, 7) is 9.81. The Labute approximate surface area is 114 Å². The van der Waals surface area contributed by atoms with Gasteiger partial charge in [-0.3, -0.25) is 4.90 Å². The molecule has 0 unspecified atom stereocenters. The molecule has 1 aromatic rings. The Balaban J connectivity index is 1.68. The molecule has 0 aromatic carbocycles. The van der Waals surface area contributed by atoms with E-state index in [1.807, 2.05) is 6.07 Å². The SMILES string of the molecule is CCN1CCN(CCNc2cnc(C#N)cn2)CC1. The molecule has 0 saturated carbocycles. The maximum atomic E-state index is 8.63. The van der Waals surface area contributed by atoms with Crippen molar-refractivity contribution >= 4 is 5.82 Å². The van der Waals surface area contributed by atoms with Gasteiger partial charge in [-0.15, -0.1) is 0 Å². The number of anilines is 1. The fourth-order valence-corrected chi connectivity index (χ4v) is 2.15. The van der Waals surface area contributed by atoms with E-state index in [1.165, 1.54) is 6.20 Å². The fourth-order valence-electron chi connectivity index (χ4n) is 2.15. The number of nitrogens with one attached hydrogen (secondary N) is 1. The van der Waals surface area contributed by atoms with Crippen molar-refractivity contribution in [2.45, 2.75) is 6.92 Å². The Morgan fingerprint density at radius 3 is 2.53 bits per heavy atom. The summed E-state index contributed by atoms with van der Waals surface area (Å²) in [5.74, 6) is 0.728. The summed E-state index contributed by atoms with van der Waals surface area (Å²) >= 11 is 0. The third-order valence-corrected chi connectivity index (χ3v) is 3.41. The molecule has 1 fully saturated rings. The maximum absolute atomic E-state index is 8.63. The lowest BCUT2D eigenvalue weighted by Crippen LogP contribution is -2.47. The minimum atomic E-state index is 0.348. The fraction of sp³-hybridized carbons (Fsp3) is 0.615. The van der Waals surface area contributed by atoms with E-state index in [0.29, 0.717) is 5.69 Å². The van der Waals surface area contributed by atoms with Crippen LogP contribution in [-0.4, -0.2) is 65.6 Å². The second kappa shape index (κ2) is 7.02. The van der Waals surface area contributed by atoms with Crippen LogP contribution in [0.1, 0.15) is 12.6 Å². The second-order valence-corrected chi connectivity index (χ2v) is 4.60. The highest BCUT2D eigenvalue weighted by molar-refractivity contribution is 5.32. The molecule has 0 amide bonds. The van der Waals surface area contributed by atoms with Crippen LogP contribution < -0.4 is 5.32 Å². The van der Waals surface area contributed by atoms with Gasteiger partial charge in [0.1, 0.15) is 11.9 Å². The van der Waals surface area contributed by atoms with Crippen molar-refractivity contribution in [2.24, 2.45) is 0 Å². The van der Waals surface area contributed by atoms with Crippen LogP contribution in [-0.2, 0) is 0 Å². The molecule has 1 aromatic heterocycles. The van der Waals surface area contributed by atoms with Gasteiger partial charge in [-0.2, -0.15) is 5.26 Å². The minimum Gasteiger partial charge on any atom is -0.368 e. The summed E-state index contributed by atoms with van der Waals surface area (Å²) < 4.78 is 0. The molecule has 2 heterocycles. The van der Waals surface area contributed by atoms with Gasteiger partial charge in [0.05, 0.1) is 12.4 Å². The molecule has 1 aliphatic rings. The predicted molar refractivity (Wildman–Crippen MR) is 73.8 cm³/mol. The monoisotopic (exact) mass is 260 g/mol. The first-order valence-electron chi connectivity index (χ1n) is 6.72. The van der Waals surface area contributed by atoms with Gasteiger partial charge in [-0.05, 0) is 6.54 Å². The van der Waals surface area contributed by atoms with Gasteiger partial charge in [0.2, 0.25) is 0 Å². The number of nitrogens with zero attached hydrogens (tertiary/aromatic N) is 5. The number of nitriles is 1. The van der Waals surface area contributed by atoms with Crippen molar-refractivity contribution in [2.75, 3.05) is 51.1 Å². The smallest absolute Gasteiger partial charge is 0.158 e. The Kier molecular flexibility index (Phi) is 5.07. The Morgan fingerprint density at radius 2 is 1.95 bits per heavy atom. The zero-order valence-corrected chi connectivity index (χ0v) is 11.3. The van der Waals surface area contributed by atoms with Crippen LogP contribution in [0.5, 0.6) is 0 Å². The maximum Gasteiger partial charge on any atom is 0.158 e. The summed E-state index contributed by atoms with van der Waals surface area (Å²) in [4.78, 5) is 13.0. The predicted octanol–water partition coefficient (Wildman–Crippen LogP) is 0.398. The van der Waals surface area contributed by atoms with Gasteiger partial charge in [-0.25, -0.2) is 9.97 Å². The molecule has 102 valence electrons. The average Bonchev–Trinajstić information content (AvgIpc) is 2.49. The van der Waals surface area contributed by atoms with Crippen molar-refractivity contribution < 1.29 is 0 Å². The van der Waals surface area contributed by atoms with Crippen molar-refractivity contribution in [3.05, 3.63) is 18.1 Å². The number of hydrogen-bond acceptors (Lipinski definition) is 6. The van der Waals surface area contributed by atoms with Gasteiger partial charge in [0.25, 0.3) is 0 Å². The number of hydrogen-bond donors (Lipinski definition) is 1. The molecular weight excluding hydrogens is 240 g/mol. The molecule has 1 saturated heterocycles. The minimum absolute atomic E-state index is 0.348. The molecule has 0 spiro atoms. The van der Waals surface area contributed by atoms with Gasteiger partial charge in [-0.1, -0.05) is 6.92 Å². The van der Waals surface area contributed by atoms with Crippen molar-refractivity contribution in [3.8, 4) is 6.07 Å². The van der Waals surface area contributed by atoms with Crippen LogP contribution in [0, 0.1) is 11.3 Å². The highest BCUT2D eigenvalue weighted by atomic mass is 15.3. The molecule has 1 aliphatic heterocycles. The molecular formula is C13H20N6. The number of likely N-dealkylation sites (N-methyl/N-ethyl adjacent to an activating group) is 1. The molecule has 2 rings (SSSR count). The first kappa shape index (κ1) is 13.7. The van der Waals surface area contributed by atoms with Crippen LogP contribution in [0.4, 0.5) is 5.82 Å². The molecule has 0 aliphatic carbocycles. The standard InChI is InChI=1S/C13H20N6/c1-2-18-5-7-19(8-6-18)4-3-15-13-11-16-12(9-14)10-17-13/h10-11H,2-8H2,1H3,(H,15,17). The lowest BCUT2D eigenvalue weighted by molar-refractivity contribution is 0.141. The molecule has 0 radical (unpaired) electrons. The topological polar surface area (TPSA) is 68.1 Å². The molecule has 6 nitrogen and oxygen atoms in total. The number of rotatable bonds is 5. The van der Waals surface area contributed by atoms with Gasteiger partial charge in [0, 0.05) is 39.3 Å². The molecule has 6 heteroatoms. The molecule has 19 heavy (non-hydrogen) atoms. The first-order chi connectivity index (χ1) is 9.31. The number of aromatic nitrogens is 2. The van der Waals surface area contributed by atoms with Gasteiger partial charge < -0.3 is 10.2 Å². The summed E-state index contributed by atoms with van der Waals surface area (Å²) in [6, 6.07) is 1.96. The average molecular weight is 260 g/mol. The Morgan fingerprint density at radius 1 is 1.21 bits per heavy atom. The number of piperazine rings is 1. The Hall–Kier alpha value is -1.71. The van der Waals surface area contributed by atoms with Crippen LogP contribution in [0.3, 0.4) is 0 Å². The van der Waals surface area contributed by atoms with Gasteiger partial charge in [0.15, 0.2) is 5.69 Å². The van der Waals surface area contributed by atoms with E-state index in [0.717, 1.165) is 51.6 Å². The zero-order valence-electron chi connectivity index (χ0n) is 11.3. The summed E-state index contributed by atoms with van der Waals surface area (Å²) in [5, 5.41) is 11.9. The lowest BCUT2D eigenvalue weighted by Gasteiger charge is -2.33. The van der Waals surface area contributed by atoms with E-state index < -0.39 is 0 Å². The summed E-state index contributed by atoms with van der Waals surface area (Å²) in [7, 11) is 0. The highest BCUT2D eigenvalue weighted by Crippen LogP contribution is 2.02. The quantitative estimate of drug-likeness (QED) is 0.826. The van der Waals surface area contributed by atoms with Crippen molar-refractivity contribution in [1.82, 2.24) is 19.8 Å². The highest BCUT2D eigenvalue weighted by Gasteiger charge is 2.14. The van der Waals surface area contributed by atoms with E-state index in [1.54, 1.807) is 6.20 Å². The molecule has 1 N–H and O–H groups in total. The van der Waals surface area contributed by atoms with Crippen LogP contribution in [0.2, 0.25) is 0 Å². The van der Waals surface area contributed by atoms with E-state index in [2.05, 4.69) is 32.0 Å². The summed E-state index contributed by atoms with van der Waals surface area (Å²) in [6.07, 6.45) is 3.09. The summed E-state index contributed by atoms with van der Waals surface area (Å²) in [5.41, 5.74) is 0.348. The largest absolute Gasteiger partial charge is 0.368 e. The first-order valence-corrected chi connectivity index (χ1v) is 6.72. The lowest BCUT2D eigenvalue weighted by atomic mass is 10.3. The van der Waals surface area contributed by atoms with Crippen LogP contribution >= 0.6 is 0 Å². The van der Waals surface area contributed by atoms with Crippen molar-refractivity contribution in [1.29, 1.82) is 5.26 Å². The zero-order chi connectivity index (χ0) is 13.5. The third-order valence-electron chi connectivity index (χ3n) is 3.41. The van der Waals surface area contributed by atoms with E-state index >= 15 is 0 Å². The van der Waals surface area contributed by atoms with Crippen LogP contribution in [0.15, 0.2) is 12.4 Å². The molecule has 0 atom stereocenters. The third kappa shape index (κ3) is 4.16. The van der Waals surface area contributed by atoms with Crippen LogP contribution in [0.25, 0.3) is 0 Å². The Bertz CT molecular complexity index is 416. The second-order valence-electron chi connectivity index (χ2n) is 4.60.